The smallest absolute Gasteiger partial charge is 0.240 e. The van der Waals surface area contributed by atoms with Gasteiger partial charge in [-0.2, -0.15) is 4.98 Å². The maximum Gasteiger partial charge on any atom is 0.240 e. The van der Waals surface area contributed by atoms with Crippen molar-refractivity contribution in [3.05, 3.63) is 11.7 Å². The third-order valence-electron chi connectivity index (χ3n) is 3.85. The van der Waals surface area contributed by atoms with E-state index in [0.29, 0.717) is 5.92 Å². The van der Waals surface area contributed by atoms with Crippen LogP contribution in [0.15, 0.2) is 4.52 Å². The molecule has 0 aromatic carbocycles. The normalized spacial score (nSPS) is 24.0. The van der Waals surface area contributed by atoms with Crippen LogP contribution < -0.4 is 5.73 Å². The van der Waals surface area contributed by atoms with Crippen LogP contribution in [0.2, 0.25) is 0 Å². The highest BCUT2D eigenvalue weighted by Crippen LogP contribution is 2.28. The predicted octanol–water partition coefficient (Wildman–Crippen LogP) is 1.83. The molecule has 1 aromatic heterocycles. The van der Waals surface area contributed by atoms with Crippen molar-refractivity contribution >= 4 is 0 Å². The molecule has 0 amide bonds. The Morgan fingerprint density at radius 3 is 2.84 bits per heavy atom. The van der Waals surface area contributed by atoms with Crippen molar-refractivity contribution in [2.75, 3.05) is 13.1 Å². The molecule has 0 aliphatic carbocycles. The van der Waals surface area contributed by atoms with E-state index in [4.69, 9.17) is 10.3 Å². The summed E-state index contributed by atoms with van der Waals surface area (Å²) in [5.74, 6) is 2.09. The monoisotopic (exact) mass is 266 g/mol. The van der Waals surface area contributed by atoms with E-state index in [0.717, 1.165) is 44.2 Å². The van der Waals surface area contributed by atoms with Crippen LogP contribution in [-0.4, -0.2) is 34.2 Å². The van der Waals surface area contributed by atoms with Crippen LogP contribution in [0.4, 0.5) is 0 Å². The lowest BCUT2D eigenvalue weighted by Crippen LogP contribution is -2.52. The Bertz CT molecular complexity index is 413. The number of likely N-dealkylation sites (tertiary alicyclic amines) is 1. The molecule has 0 bridgehead atoms. The van der Waals surface area contributed by atoms with Gasteiger partial charge in [0.2, 0.25) is 5.89 Å². The molecule has 1 saturated heterocycles. The van der Waals surface area contributed by atoms with Crippen LogP contribution >= 0.6 is 0 Å². The van der Waals surface area contributed by atoms with Crippen LogP contribution in [0.3, 0.4) is 0 Å². The molecule has 5 heteroatoms. The molecule has 1 unspecified atom stereocenters. The first-order valence-electron chi connectivity index (χ1n) is 7.16. The quantitative estimate of drug-likeness (QED) is 0.900. The van der Waals surface area contributed by atoms with E-state index >= 15 is 0 Å². The number of nitrogens with zero attached hydrogens (tertiary/aromatic N) is 3. The van der Waals surface area contributed by atoms with Crippen molar-refractivity contribution in [2.45, 2.75) is 53.1 Å². The lowest BCUT2D eigenvalue weighted by atomic mass is 9.80. The molecule has 108 valence electrons. The van der Waals surface area contributed by atoms with Crippen LogP contribution in [0.5, 0.6) is 0 Å². The average Bonchev–Trinajstić information content (AvgIpc) is 2.69. The van der Waals surface area contributed by atoms with E-state index in [-0.39, 0.29) is 11.5 Å². The highest BCUT2D eigenvalue weighted by atomic mass is 16.5. The first kappa shape index (κ1) is 14.5. The average molecular weight is 266 g/mol. The summed E-state index contributed by atoms with van der Waals surface area (Å²) in [6.45, 7) is 11.5. The van der Waals surface area contributed by atoms with Crippen molar-refractivity contribution in [1.82, 2.24) is 15.0 Å². The van der Waals surface area contributed by atoms with Crippen LogP contribution in [0.1, 0.15) is 45.8 Å². The standard InChI is InChI=1S/C14H26N4O/c1-10(2)7-12-16-13(19-17-12)8-18-6-5-11(15)14(3,4)9-18/h10-11H,5-9,15H2,1-4H3. The lowest BCUT2D eigenvalue weighted by Gasteiger charge is -2.42. The summed E-state index contributed by atoms with van der Waals surface area (Å²) in [5, 5.41) is 4.04. The fraction of sp³-hybridized carbons (Fsp3) is 0.857. The zero-order chi connectivity index (χ0) is 14.0. The van der Waals surface area contributed by atoms with Crippen molar-refractivity contribution < 1.29 is 4.52 Å². The molecule has 0 radical (unpaired) electrons. The summed E-state index contributed by atoms with van der Waals surface area (Å²) in [4.78, 5) is 6.82. The maximum absolute atomic E-state index is 6.15. The number of hydrogen-bond donors (Lipinski definition) is 1. The number of piperidine rings is 1. The Morgan fingerprint density at radius 2 is 2.21 bits per heavy atom. The molecule has 1 aliphatic rings. The van der Waals surface area contributed by atoms with Gasteiger partial charge in [-0.25, -0.2) is 0 Å². The Hall–Kier alpha value is -0.940. The third kappa shape index (κ3) is 3.76. The topological polar surface area (TPSA) is 68.2 Å². The van der Waals surface area contributed by atoms with E-state index in [1.165, 1.54) is 0 Å². The van der Waals surface area contributed by atoms with Crippen molar-refractivity contribution in [2.24, 2.45) is 17.1 Å². The minimum absolute atomic E-state index is 0.152. The summed E-state index contributed by atoms with van der Waals surface area (Å²) in [7, 11) is 0. The van der Waals surface area contributed by atoms with Gasteiger partial charge in [-0.05, 0) is 17.8 Å². The third-order valence-corrected chi connectivity index (χ3v) is 3.85. The van der Waals surface area contributed by atoms with Crippen LogP contribution in [0.25, 0.3) is 0 Å². The van der Waals surface area contributed by atoms with E-state index in [9.17, 15) is 0 Å². The first-order valence-corrected chi connectivity index (χ1v) is 7.16. The second kappa shape index (κ2) is 5.59. The zero-order valence-electron chi connectivity index (χ0n) is 12.5. The second-order valence-electron chi connectivity index (χ2n) is 6.80. The number of rotatable bonds is 4. The molecule has 1 aromatic rings. The van der Waals surface area contributed by atoms with Gasteiger partial charge in [0.1, 0.15) is 0 Å². The number of aromatic nitrogens is 2. The molecular weight excluding hydrogens is 240 g/mol. The summed E-state index contributed by atoms with van der Waals surface area (Å²) in [6.07, 6.45) is 1.90. The number of hydrogen-bond acceptors (Lipinski definition) is 5. The number of nitrogens with two attached hydrogens (primary N) is 1. The summed E-state index contributed by atoms with van der Waals surface area (Å²) < 4.78 is 5.33. The zero-order valence-corrected chi connectivity index (χ0v) is 12.5. The second-order valence-corrected chi connectivity index (χ2v) is 6.80. The van der Waals surface area contributed by atoms with Gasteiger partial charge in [-0.3, -0.25) is 4.90 Å². The minimum atomic E-state index is 0.152. The highest BCUT2D eigenvalue weighted by molar-refractivity contribution is 4.93. The van der Waals surface area contributed by atoms with Gasteiger partial charge < -0.3 is 10.3 Å². The largest absolute Gasteiger partial charge is 0.338 e. The van der Waals surface area contributed by atoms with E-state index in [1.54, 1.807) is 0 Å². The molecule has 0 saturated carbocycles. The van der Waals surface area contributed by atoms with Gasteiger partial charge >= 0.3 is 0 Å². The van der Waals surface area contributed by atoms with Crippen molar-refractivity contribution in [3.63, 3.8) is 0 Å². The van der Waals surface area contributed by atoms with E-state index < -0.39 is 0 Å². The minimum Gasteiger partial charge on any atom is -0.338 e. The first-order chi connectivity index (χ1) is 8.87. The van der Waals surface area contributed by atoms with Crippen molar-refractivity contribution in [3.8, 4) is 0 Å². The van der Waals surface area contributed by atoms with Gasteiger partial charge in [0.25, 0.3) is 0 Å². The van der Waals surface area contributed by atoms with Gasteiger partial charge in [0.05, 0.1) is 6.54 Å². The van der Waals surface area contributed by atoms with Gasteiger partial charge in [0, 0.05) is 25.6 Å². The van der Waals surface area contributed by atoms with Gasteiger partial charge in [-0.1, -0.05) is 32.9 Å². The molecular formula is C14H26N4O. The van der Waals surface area contributed by atoms with Crippen molar-refractivity contribution in [1.29, 1.82) is 0 Å². The molecule has 19 heavy (non-hydrogen) atoms. The summed E-state index contributed by atoms with van der Waals surface area (Å²) >= 11 is 0. The summed E-state index contributed by atoms with van der Waals surface area (Å²) in [5.41, 5.74) is 6.30. The van der Waals surface area contributed by atoms with Gasteiger partial charge in [0.15, 0.2) is 5.82 Å². The van der Waals surface area contributed by atoms with Gasteiger partial charge in [-0.15, -0.1) is 0 Å². The Labute approximate surface area is 115 Å². The van der Waals surface area contributed by atoms with E-state index in [2.05, 4.69) is 42.7 Å². The molecule has 1 atom stereocenters. The summed E-state index contributed by atoms with van der Waals surface area (Å²) in [6, 6.07) is 0.280. The Morgan fingerprint density at radius 1 is 1.47 bits per heavy atom. The molecule has 0 spiro atoms. The molecule has 1 aliphatic heterocycles. The SMILES string of the molecule is CC(C)Cc1noc(CN2CCC(N)C(C)(C)C2)n1. The fourth-order valence-electron chi connectivity index (χ4n) is 2.61. The van der Waals surface area contributed by atoms with Crippen LogP contribution in [-0.2, 0) is 13.0 Å². The predicted molar refractivity (Wildman–Crippen MR) is 74.5 cm³/mol. The Kier molecular flexibility index (Phi) is 4.26. The molecule has 2 N–H and O–H groups in total. The maximum atomic E-state index is 6.15. The highest BCUT2D eigenvalue weighted by Gasteiger charge is 2.33. The molecule has 1 fully saturated rings. The molecule has 2 rings (SSSR count). The Balaban J connectivity index is 1.92. The lowest BCUT2D eigenvalue weighted by molar-refractivity contribution is 0.0811. The molecule has 2 heterocycles. The molecule has 5 nitrogen and oxygen atoms in total. The fourth-order valence-corrected chi connectivity index (χ4v) is 2.61. The van der Waals surface area contributed by atoms with E-state index in [1.807, 2.05) is 0 Å². The van der Waals surface area contributed by atoms with Crippen LogP contribution in [0, 0.1) is 11.3 Å².